The average molecular weight is 451 g/mol. The van der Waals surface area contributed by atoms with Gasteiger partial charge in [0.15, 0.2) is 0 Å². The predicted molar refractivity (Wildman–Crippen MR) is 112 cm³/mol. The average Bonchev–Trinajstić information content (AvgIpc) is 2.54. The summed E-state index contributed by atoms with van der Waals surface area (Å²) in [5, 5.41) is 0. The Labute approximate surface area is 169 Å². The summed E-state index contributed by atoms with van der Waals surface area (Å²) in [7, 11) is -3.68. The topological polar surface area (TPSA) is 66.5 Å². The summed E-state index contributed by atoms with van der Waals surface area (Å²) < 4.78 is 27.4. The van der Waals surface area contributed by atoms with Crippen LogP contribution in [-0.4, -0.2) is 26.6 Å². The summed E-state index contributed by atoms with van der Waals surface area (Å²) >= 11 is 3.55. The molecule has 1 N–H and O–H groups in total. The summed E-state index contributed by atoms with van der Waals surface area (Å²) in [4.78, 5) is 13.2. The van der Waals surface area contributed by atoms with E-state index >= 15 is 0 Å². The van der Waals surface area contributed by atoms with Crippen LogP contribution in [0.2, 0.25) is 0 Å². The van der Waals surface area contributed by atoms with Gasteiger partial charge in [-0.1, -0.05) is 47.5 Å². The SMILES string of the molecule is CC(=O)NS(=O)(=O)CCN1c2ccc(C)cc2C(C)(C)c2cc(Br)ccc21. The molecule has 5 nitrogen and oxygen atoms in total. The molecule has 0 atom stereocenters. The van der Waals surface area contributed by atoms with E-state index in [2.05, 4.69) is 48.8 Å². The number of amides is 1. The molecule has 1 aliphatic heterocycles. The molecule has 0 aromatic heterocycles. The van der Waals surface area contributed by atoms with Gasteiger partial charge in [-0.2, -0.15) is 0 Å². The quantitative estimate of drug-likeness (QED) is 0.763. The normalized spacial score (nSPS) is 15.1. The van der Waals surface area contributed by atoms with Gasteiger partial charge in [0.2, 0.25) is 15.9 Å². The maximum absolute atomic E-state index is 12.2. The first-order valence-corrected chi connectivity index (χ1v) is 11.2. The first kappa shape index (κ1) is 19.9. The van der Waals surface area contributed by atoms with Crippen molar-refractivity contribution in [1.82, 2.24) is 4.72 Å². The lowest BCUT2D eigenvalue weighted by molar-refractivity contribution is -0.117. The summed E-state index contributed by atoms with van der Waals surface area (Å²) in [6.45, 7) is 7.87. The summed E-state index contributed by atoms with van der Waals surface area (Å²) in [5.74, 6) is -0.745. The number of anilines is 2. The number of fused-ring (bicyclic) bond motifs is 2. The number of hydrogen-bond acceptors (Lipinski definition) is 4. The number of carbonyl (C=O) groups excluding carboxylic acids is 1. The molecule has 2 aromatic rings. The van der Waals surface area contributed by atoms with E-state index in [0.29, 0.717) is 0 Å². The van der Waals surface area contributed by atoms with Gasteiger partial charge in [0.05, 0.1) is 5.75 Å². The second-order valence-electron chi connectivity index (χ2n) is 7.44. The van der Waals surface area contributed by atoms with Gasteiger partial charge in [-0.3, -0.25) is 9.52 Å². The largest absolute Gasteiger partial charge is 0.340 e. The molecule has 0 saturated heterocycles. The molecule has 0 fully saturated rings. The van der Waals surface area contributed by atoms with Crippen LogP contribution in [0.15, 0.2) is 40.9 Å². The molecule has 3 rings (SSSR count). The number of rotatable bonds is 4. The minimum Gasteiger partial charge on any atom is -0.340 e. The molecule has 1 amide bonds. The van der Waals surface area contributed by atoms with Crippen molar-refractivity contribution in [3.63, 3.8) is 0 Å². The van der Waals surface area contributed by atoms with Crippen LogP contribution in [0.5, 0.6) is 0 Å². The number of hydrogen-bond donors (Lipinski definition) is 1. The third kappa shape index (κ3) is 3.89. The van der Waals surface area contributed by atoms with Gasteiger partial charge in [0.25, 0.3) is 0 Å². The third-order valence-electron chi connectivity index (χ3n) is 4.92. The fourth-order valence-corrected chi connectivity index (χ4v) is 4.95. The lowest BCUT2D eigenvalue weighted by atomic mass is 9.73. The Bertz CT molecular complexity index is 960. The van der Waals surface area contributed by atoms with Crippen molar-refractivity contribution in [3.05, 3.63) is 57.6 Å². The molecule has 7 heteroatoms. The third-order valence-corrected chi connectivity index (χ3v) is 6.73. The maximum atomic E-state index is 12.2. The lowest BCUT2D eigenvalue weighted by Gasteiger charge is -2.42. The van der Waals surface area contributed by atoms with E-state index in [-0.39, 0.29) is 17.7 Å². The lowest BCUT2D eigenvalue weighted by Crippen LogP contribution is -2.38. The highest BCUT2D eigenvalue weighted by atomic mass is 79.9. The van der Waals surface area contributed by atoms with E-state index in [4.69, 9.17) is 0 Å². The van der Waals surface area contributed by atoms with E-state index in [1.165, 1.54) is 6.92 Å². The maximum Gasteiger partial charge on any atom is 0.236 e. The number of nitrogens with one attached hydrogen (secondary N) is 1. The number of benzene rings is 2. The first-order valence-electron chi connectivity index (χ1n) is 8.71. The number of carbonyl (C=O) groups is 1. The highest BCUT2D eigenvalue weighted by Crippen LogP contribution is 2.49. The molecule has 144 valence electrons. The first-order chi connectivity index (χ1) is 12.5. The Kier molecular flexibility index (Phi) is 5.12. The molecule has 0 aliphatic carbocycles. The van der Waals surface area contributed by atoms with E-state index in [9.17, 15) is 13.2 Å². The molecule has 1 aliphatic rings. The monoisotopic (exact) mass is 450 g/mol. The molecule has 27 heavy (non-hydrogen) atoms. The van der Waals surface area contributed by atoms with Crippen LogP contribution in [0, 0.1) is 6.92 Å². The van der Waals surface area contributed by atoms with Crippen LogP contribution < -0.4 is 9.62 Å². The standard InChI is InChI=1S/C20H23BrN2O3S/c1-13-5-7-18-16(11-13)20(3,4)17-12-15(21)6-8-19(17)23(18)9-10-27(25,26)22-14(2)24/h5-8,11-12H,9-10H2,1-4H3,(H,22,24). The van der Waals surface area contributed by atoms with Crippen molar-refractivity contribution in [3.8, 4) is 0 Å². The van der Waals surface area contributed by atoms with E-state index in [0.717, 1.165) is 32.5 Å². The minimum atomic E-state index is -3.68. The second kappa shape index (κ2) is 6.95. The highest BCUT2D eigenvalue weighted by Gasteiger charge is 2.36. The van der Waals surface area contributed by atoms with Crippen LogP contribution in [0.4, 0.5) is 11.4 Å². The minimum absolute atomic E-state index is 0.171. The molecule has 1 heterocycles. The van der Waals surface area contributed by atoms with Crippen LogP contribution in [0.1, 0.15) is 37.5 Å². The fraction of sp³-hybridized carbons (Fsp3) is 0.350. The summed E-state index contributed by atoms with van der Waals surface area (Å²) in [6, 6.07) is 12.3. The smallest absolute Gasteiger partial charge is 0.236 e. The van der Waals surface area contributed by atoms with Crippen molar-refractivity contribution in [2.24, 2.45) is 0 Å². The van der Waals surface area contributed by atoms with Crippen LogP contribution >= 0.6 is 15.9 Å². The molecular weight excluding hydrogens is 428 g/mol. The molecule has 0 spiro atoms. The Morgan fingerprint density at radius 1 is 1.11 bits per heavy atom. The zero-order valence-corrected chi connectivity index (χ0v) is 18.2. The molecule has 0 radical (unpaired) electrons. The van der Waals surface area contributed by atoms with Gasteiger partial charge in [-0.05, 0) is 42.3 Å². The van der Waals surface area contributed by atoms with Gasteiger partial charge >= 0.3 is 0 Å². The van der Waals surface area contributed by atoms with E-state index < -0.39 is 15.9 Å². The van der Waals surface area contributed by atoms with E-state index in [1.807, 2.05) is 33.9 Å². The Hall–Kier alpha value is -1.86. The van der Waals surface area contributed by atoms with E-state index in [1.54, 1.807) is 0 Å². The van der Waals surface area contributed by atoms with Crippen molar-refractivity contribution >= 4 is 43.2 Å². The van der Waals surface area contributed by atoms with Gasteiger partial charge in [0.1, 0.15) is 0 Å². The zero-order valence-electron chi connectivity index (χ0n) is 15.8. The van der Waals surface area contributed by atoms with Crippen molar-refractivity contribution in [2.75, 3.05) is 17.2 Å². The summed E-state index contributed by atoms with van der Waals surface area (Å²) in [6.07, 6.45) is 0. The van der Waals surface area contributed by atoms with Gasteiger partial charge in [-0.25, -0.2) is 8.42 Å². The van der Waals surface area contributed by atoms with Crippen LogP contribution in [-0.2, 0) is 20.2 Å². The highest BCUT2D eigenvalue weighted by molar-refractivity contribution is 9.10. The second-order valence-corrected chi connectivity index (χ2v) is 10.2. The van der Waals surface area contributed by atoms with Crippen LogP contribution in [0.25, 0.3) is 0 Å². The van der Waals surface area contributed by atoms with Crippen molar-refractivity contribution in [1.29, 1.82) is 0 Å². The van der Waals surface area contributed by atoms with Crippen molar-refractivity contribution in [2.45, 2.75) is 33.1 Å². The van der Waals surface area contributed by atoms with Gasteiger partial charge in [-0.15, -0.1) is 0 Å². The predicted octanol–water partition coefficient (Wildman–Crippen LogP) is 4.00. The number of sulfonamides is 1. The molecular formula is C20H23BrN2O3S. The summed E-state index contributed by atoms with van der Waals surface area (Å²) in [5.41, 5.74) is 5.21. The Morgan fingerprint density at radius 2 is 1.70 bits per heavy atom. The number of nitrogens with zero attached hydrogens (tertiary/aromatic N) is 1. The molecule has 2 aromatic carbocycles. The number of aryl methyl sites for hydroxylation is 1. The molecule has 0 bridgehead atoms. The molecule has 0 unspecified atom stereocenters. The zero-order chi connectivity index (χ0) is 20.0. The number of halogens is 1. The Balaban J connectivity index is 2.09. The van der Waals surface area contributed by atoms with Gasteiger partial charge < -0.3 is 4.90 Å². The van der Waals surface area contributed by atoms with Gasteiger partial charge in [0, 0.05) is 34.7 Å². The Morgan fingerprint density at radius 3 is 2.33 bits per heavy atom. The fourth-order valence-electron chi connectivity index (χ4n) is 3.63. The van der Waals surface area contributed by atoms with Crippen LogP contribution in [0.3, 0.4) is 0 Å². The molecule has 0 saturated carbocycles. The van der Waals surface area contributed by atoms with Crippen molar-refractivity contribution < 1.29 is 13.2 Å².